The fourth-order valence-electron chi connectivity index (χ4n) is 1.76. The van der Waals surface area contributed by atoms with Gasteiger partial charge in [0.1, 0.15) is 6.20 Å². The summed E-state index contributed by atoms with van der Waals surface area (Å²) in [5, 5.41) is 14.8. The minimum Gasteiger partial charge on any atom is -0.333 e. The van der Waals surface area contributed by atoms with Gasteiger partial charge in [-0.1, -0.05) is 24.3 Å². The fraction of sp³-hybridized carbons (Fsp3) is 0. The smallest absolute Gasteiger partial charge is 0.276 e. The first-order valence-electron chi connectivity index (χ1n) is 5.90. The number of benzene rings is 1. The summed E-state index contributed by atoms with van der Waals surface area (Å²) in [4.78, 5) is 0. The van der Waals surface area contributed by atoms with Crippen LogP contribution in [0.15, 0.2) is 67.1 Å². The highest BCUT2D eigenvalue weighted by atomic mass is 15.3. The van der Waals surface area contributed by atoms with Gasteiger partial charge in [-0.3, -0.25) is 0 Å². The zero-order valence-electron chi connectivity index (χ0n) is 10.1. The number of aromatic nitrogens is 4. The van der Waals surface area contributed by atoms with Crippen molar-refractivity contribution in [2.75, 3.05) is 5.32 Å². The molecule has 5 nitrogen and oxygen atoms in total. The normalized spacial score (nSPS) is 10.1. The quantitative estimate of drug-likeness (QED) is 0.721. The van der Waals surface area contributed by atoms with Crippen LogP contribution in [0.3, 0.4) is 0 Å². The molecule has 0 amide bonds. The Balaban J connectivity index is 1.99. The Bertz CT molecular complexity index is 655. The summed E-state index contributed by atoms with van der Waals surface area (Å²) in [7, 11) is 0. The largest absolute Gasteiger partial charge is 0.333 e. The monoisotopic (exact) mass is 250 g/mol. The molecule has 0 bridgehead atoms. The van der Waals surface area contributed by atoms with Crippen molar-refractivity contribution in [2.24, 2.45) is 0 Å². The number of para-hydroxylation sites is 1. The van der Waals surface area contributed by atoms with Gasteiger partial charge >= 0.3 is 0 Å². The number of nitrogens with one attached hydrogen (secondary N) is 1. The summed E-state index contributed by atoms with van der Waals surface area (Å²) in [5.41, 5.74) is 1.81. The van der Waals surface area contributed by atoms with Crippen molar-refractivity contribution >= 4 is 11.5 Å². The average molecular weight is 250 g/mol. The number of anilines is 2. The maximum atomic E-state index is 4.06. The van der Waals surface area contributed by atoms with Crippen LogP contribution >= 0.6 is 0 Å². The molecule has 0 aliphatic heterocycles. The highest BCUT2D eigenvalue weighted by Crippen LogP contribution is 2.16. The van der Waals surface area contributed by atoms with Crippen molar-refractivity contribution in [1.29, 1.82) is 0 Å². The lowest BCUT2D eigenvalue weighted by molar-refractivity contribution is -0.595. The van der Waals surface area contributed by atoms with Crippen LogP contribution in [-0.4, -0.2) is 15.4 Å². The van der Waals surface area contributed by atoms with Crippen LogP contribution < -0.4 is 9.88 Å². The van der Waals surface area contributed by atoms with Gasteiger partial charge in [-0.05, 0) is 17.3 Å². The van der Waals surface area contributed by atoms with E-state index >= 15 is 0 Å². The third-order valence-corrected chi connectivity index (χ3v) is 2.65. The van der Waals surface area contributed by atoms with Crippen molar-refractivity contribution in [1.82, 2.24) is 15.4 Å². The summed E-state index contributed by atoms with van der Waals surface area (Å²) < 4.78 is 1.94. The highest BCUT2D eigenvalue weighted by molar-refractivity contribution is 5.60. The van der Waals surface area contributed by atoms with Gasteiger partial charge in [-0.2, -0.15) is 4.57 Å². The molecule has 1 aromatic carbocycles. The van der Waals surface area contributed by atoms with Crippen molar-refractivity contribution < 1.29 is 4.57 Å². The topological polar surface area (TPSA) is 54.6 Å². The standard InChI is InChI=1S/C14H12N5/c1-3-7-12(8-4-1)16-14-13(11-15-18-17-14)19-9-5-2-6-10-19/h1-11H,(H,15,16,17)/q+1. The highest BCUT2D eigenvalue weighted by Gasteiger charge is 2.14. The van der Waals surface area contributed by atoms with Crippen LogP contribution in [-0.2, 0) is 0 Å². The van der Waals surface area contributed by atoms with E-state index in [4.69, 9.17) is 0 Å². The van der Waals surface area contributed by atoms with E-state index in [0.717, 1.165) is 11.4 Å². The van der Waals surface area contributed by atoms with E-state index in [2.05, 4.69) is 20.7 Å². The first kappa shape index (κ1) is 11.3. The molecule has 2 heterocycles. The van der Waals surface area contributed by atoms with E-state index in [1.807, 2.05) is 65.5 Å². The predicted molar refractivity (Wildman–Crippen MR) is 71.1 cm³/mol. The summed E-state index contributed by atoms with van der Waals surface area (Å²) in [6.45, 7) is 0. The minimum absolute atomic E-state index is 0.664. The number of rotatable bonds is 3. The molecule has 1 N–H and O–H groups in total. The SMILES string of the molecule is c1ccc(Nc2nnncc2-[n+]2ccccc2)cc1. The van der Waals surface area contributed by atoms with Gasteiger partial charge in [-0.15, -0.1) is 10.2 Å². The Morgan fingerprint density at radius 3 is 2.42 bits per heavy atom. The molecule has 0 fully saturated rings. The Hall–Kier alpha value is -2.82. The molecule has 0 atom stereocenters. The van der Waals surface area contributed by atoms with Gasteiger partial charge in [0.05, 0.1) is 0 Å². The van der Waals surface area contributed by atoms with Crippen molar-refractivity contribution in [3.63, 3.8) is 0 Å². The first-order chi connectivity index (χ1) is 9.43. The van der Waals surface area contributed by atoms with Crippen LogP contribution in [0.25, 0.3) is 5.69 Å². The first-order valence-corrected chi connectivity index (χ1v) is 5.90. The van der Waals surface area contributed by atoms with Crippen LogP contribution in [0, 0.1) is 0 Å². The lowest BCUT2D eigenvalue weighted by Crippen LogP contribution is -2.31. The van der Waals surface area contributed by atoms with E-state index in [1.165, 1.54) is 0 Å². The zero-order chi connectivity index (χ0) is 12.9. The third-order valence-electron chi connectivity index (χ3n) is 2.65. The Kier molecular flexibility index (Phi) is 3.10. The molecule has 0 unspecified atom stereocenters. The molecule has 3 rings (SSSR count). The summed E-state index contributed by atoms with van der Waals surface area (Å²) >= 11 is 0. The van der Waals surface area contributed by atoms with Gasteiger partial charge in [0.15, 0.2) is 12.4 Å². The molecule has 0 aliphatic carbocycles. The molecule has 0 radical (unpaired) electrons. The Morgan fingerprint density at radius 2 is 1.63 bits per heavy atom. The maximum absolute atomic E-state index is 4.06. The minimum atomic E-state index is 0.664. The molecule has 0 spiro atoms. The van der Waals surface area contributed by atoms with E-state index in [-0.39, 0.29) is 0 Å². The summed E-state index contributed by atoms with van der Waals surface area (Å²) in [6.07, 6.45) is 5.56. The van der Waals surface area contributed by atoms with Crippen LogP contribution in [0.4, 0.5) is 11.5 Å². The molecular weight excluding hydrogens is 238 g/mol. The maximum Gasteiger partial charge on any atom is 0.276 e. The molecule has 92 valence electrons. The van der Waals surface area contributed by atoms with Crippen molar-refractivity contribution in [3.8, 4) is 5.69 Å². The van der Waals surface area contributed by atoms with Crippen LogP contribution in [0.2, 0.25) is 0 Å². The van der Waals surface area contributed by atoms with Gasteiger partial charge in [-0.25, -0.2) is 0 Å². The van der Waals surface area contributed by atoms with E-state index < -0.39 is 0 Å². The third kappa shape index (κ3) is 2.55. The molecule has 5 heteroatoms. The van der Waals surface area contributed by atoms with Crippen molar-refractivity contribution in [3.05, 3.63) is 67.1 Å². The number of hydrogen-bond donors (Lipinski definition) is 1. The molecule has 0 saturated heterocycles. The second kappa shape index (κ2) is 5.22. The van der Waals surface area contributed by atoms with Crippen molar-refractivity contribution in [2.45, 2.75) is 0 Å². The fourth-order valence-corrected chi connectivity index (χ4v) is 1.76. The molecule has 3 aromatic rings. The Morgan fingerprint density at radius 1 is 0.895 bits per heavy atom. The number of nitrogens with zero attached hydrogens (tertiary/aromatic N) is 4. The predicted octanol–water partition coefficient (Wildman–Crippen LogP) is 1.89. The molecular formula is C14H12N5+. The van der Waals surface area contributed by atoms with Gasteiger partial charge in [0, 0.05) is 17.8 Å². The number of hydrogen-bond acceptors (Lipinski definition) is 4. The van der Waals surface area contributed by atoms with E-state index in [1.54, 1.807) is 6.20 Å². The second-order valence-corrected chi connectivity index (χ2v) is 3.94. The summed E-state index contributed by atoms with van der Waals surface area (Å²) in [6, 6.07) is 15.7. The van der Waals surface area contributed by atoms with Gasteiger partial charge in [0.25, 0.3) is 5.69 Å². The van der Waals surface area contributed by atoms with Crippen LogP contribution in [0.5, 0.6) is 0 Å². The van der Waals surface area contributed by atoms with Gasteiger partial charge in [0.2, 0.25) is 5.82 Å². The second-order valence-electron chi connectivity index (χ2n) is 3.94. The van der Waals surface area contributed by atoms with E-state index in [0.29, 0.717) is 5.82 Å². The zero-order valence-corrected chi connectivity index (χ0v) is 10.1. The summed E-state index contributed by atoms with van der Waals surface area (Å²) in [5.74, 6) is 0.664. The average Bonchev–Trinajstić information content (AvgIpc) is 2.50. The molecule has 19 heavy (non-hydrogen) atoms. The Labute approximate surface area is 110 Å². The van der Waals surface area contributed by atoms with Crippen LogP contribution in [0.1, 0.15) is 0 Å². The molecule has 2 aromatic heterocycles. The number of pyridine rings is 1. The van der Waals surface area contributed by atoms with E-state index in [9.17, 15) is 0 Å². The molecule has 0 aliphatic rings. The lowest BCUT2D eigenvalue weighted by atomic mass is 10.3. The van der Waals surface area contributed by atoms with Gasteiger partial charge < -0.3 is 5.32 Å². The lowest BCUT2D eigenvalue weighted by Gasteiger charge is -2.05. The molecule has 0 saturated carbocycles.